The van der Waals surface area contributed by atoms with Crippen LogP contribution in [0.4, 0.5) is 0 Å². The first-order chi connectivity index (χ1) is 10.9. The van der Waals surface area contributed by atoms with Crippen LogP contribution in [0.1, 0.15) is 5.56 Å². The van der Waals surface area contributed by atoms with Gasteiger partial charge in [-0.15, -0.1) is 0 Å². The highest BCUT2D eigenvalue weighted by Gasteiger charge is 2.46. The average molecular weight is 323 g/mol. The average Bonchev–Trinajstić information content (AvgIpc) is 2.79. The Morgan fingerprint density at radius 2 is 1.87 bits per heavy atom. The second kappa shape index (κ2) is 7.32. The number of benzene rings is 1. The number of Topliss-reactive ketones (excluding diaryl/α,β-unsaturated/α-hetero) is 1. The van der Waals surface area contributed by atoms with Crippen LogP contribution in [0.15, 0.2) is 30.3 Å². The van der Waals surface area contributed by atoms with Crippen molar-refractivity contribution < 1.29 is 34.4 Å². The Hall–Kier alpha value is -2.29. The number of carboxylic acid groups (broad SMARTS) is 1. The predicted molar refractivity (Wildman–Crippen MR) is 76.5 cm³/mol. The first-order valence-corrected chi connectivity index (χ1v) is 6.99. The van der Waals surface area contributed by atoms with Crippen molar-refractivity contribution in [2.45, 2.75) is 30.8 Å². The Kier molecular flexibility index (Phi) is 5.43. The van der Waals surface area contributed by atoms with Crippen molar-refractivity contribution >= 4 is 17.7 Å². The molecule has 1 aromatic rings. The molecule has 1 aromatic carbocycles. The molecule has 0 aliphatic carbocycles. The fraction of sp³-hybridized carbons (Fsp3) is 0.400. The van der Waals surface area contributed by atoms with E-state index >= 15 is 0 Å². The summed E-state index contributed by atoms with van der Waals surface area (Å²) >= 11 is 0. The zero-order valence-electron chi connectivity index (χ0n) is 12.1. The number of hydrogen-bond acceptors (Lipinski definition) is 7. The number of aliphatic carboxylic acids is 1. The minimum absolute atomic E-state index is 0.166. The van der Waals surface area contributed by atoms with Crippen molar-refractivity contribution in [3.63, 3.8) is 0 Å². The molecule has 0 bridgehead atoms. The predicted octanol–water partition coefficient (Wildman–Crippen LogP) is -1.51. The van der Waals surface area contributed by atoms with Gasteiger partial charge in [0.15, 0.2) is 18.0 Å². The minimum atomic E-state index is -1.76. The molecule has 0 saturated carbocycles. The van der Waals surface area contributed by atoms with Crippen molar-refractivity contribution in [2.75, 3.05) is 6.54 Å². The highest BCUT2D eigenvalue weighted by molar-refractivity contribution is 5.92. The van der Waals surface area contributed by atoms with Gasteiger partial charge >= 0.3 is 11.9 Å². The van der Waals surface area contributed by atoms with Crippen LogP contribution in [0.2, 0.25) is 0 Å². The first-order valence-electron chi connectivity index (χ1n) is 6.99. The number of hydrogen-bond donors (Lipinski definition) is 4. The molecule has 8 nitrogen and oxygen atoms in total. The van der Waals surface area contributed by atoms with Gasteiger partial charge in [-0.25, -0.2) is 4.79 Å². The van der Waals surface area contributed by atoms with Crippen molar-refractivity contribution in [1.29, 1.82) is 0 Å². The number of nitrogens with one attached hydrogen (secondary N) is 1. The fourth-order valence-corrected chi connectivity index (χ4v) is 2.25. The van der Waals surface area contributed by atoms with Gasteiger partial charge in [0.25, 0.3) is 0 Å². The fourth-order valence-electron chi connectivity index (χ4n) is 2.25. The summed E-state index contributed by atoms with van der Waals surface area (Å²) < 4.78 is 4.58. The summed E-state index contributed by atoms with van der Waals surface area (Å²) in [6.07, 6.45) is -4.73. The Morgan fingerprint density at radius 1 is 1.22 bits per heavy atom. The maximum absolute atomic E-state index is 11.9. The Morgan fingerprint density at radius 3 is 2.39 bits per heavy atom. The number of carbonyl (C=O) groups is 3. The third-order valence-corrected chi connectivity index (χ3v) is 3.54. The summed E-state index contributed by atoms with van der Waals surface area (Å²) in [5.74, 6) is -2.91. The van der Waals surface area contributed by atoms with Gasteiger partial charge < -0.3 is 20.1 Å². The highest BCUT2D eigenvalue weighted by Crippen LogP contribution is 2.16. The van der Waals surface area contributed by atoms with E-state index in [0.29, 0.717) is 0 Å². The molecular formula is C15H17NO7. The highest BCUT2D eigenvalue weighted by atomic mass is 16.6. The molecule has 0 radical (unpaired) electrons. The molecule has 124 valence electrons. The van der Waals surface area contributed by atoms with E-state index in [-0.39, 0.29) is 6.42 Å². The SMILES string of the molecule is O=C1OC(C(=O)CN[C@H](Cc2ccccc2)C(=O)O)C(O)C1O. The van der Waals surface area contributed by atoms with Gasteiger partial charge in [-0.3, -0.25) is 14.9 Å². The summed E-state index contributed by atoms with van der Waals surface area (Å²) in [6.45, 7) is -0.411. The maximum Gasteiger partial charge on any atom is 0.338 e. The molecule has 23 heavy (non-hydrogen) atoms. The van der Waals surface area contributed by atoms with Crippen molar-refractivity contribution in [2.24, 2.45) is 0 Å². The quantitative estimate of drug-likeness (QED) is 0.445. The maximum atomic E-state index is 11.9. The minimum Gasteiger partial charge on any atom is -0.480 e. The Labute approximate surface area is 131 Å². The van der Waals surface area contributed by atoms with Gasteiger partial charge in [0.1, 0.15) is 12.1 Å². The zero-order chi connectivity index (χ0) is 17.0. The van der Waals surface area contributed by atoms with Crippen molar-refractivity contribution in [3.8, 4) is 0 Å². The lowest BCUT2D eigenvalue weighted by molar-refractivity contribution is -0.151. The van der Waals surface area contributed by atoms with E-state index in [2.05, 4.69) is 10.1 Å². The summed E-state index contributed by atoms with van der Waals surface area (Å²) in [4.78, 5) is 34.3. The number of aliphatic hydroxyl groups is 2. The number of rotatable bonds is 7. The molecule has 0 aromatic heterocycles. The molecular weight excluding hydrogens is 306 g/mol. The van der Waals surface area contributed by atoms with Gasteiger partial charge in [0, 0.05) is 0 Å². The number of esters is 1. The van der Waals surface area contributed by atoms with Crippen LogP contribution < -0.4 is 5.32 Å². The number of carboxylic acids is 1. The van der Waals surface area contributed by atoms with Crippen molar-refractivity contribution in [3.05, 3.63) is 35.9 Å². The van der Waals surface area contributed by atoms with Crippen LogP contribution in [-0.4, -0.2) is 63.9 Å². The van der Waals surface area contributed by atoms with Gasteiger partial charge in [-0.1, -0.05) is 30.3 Å². The second-order valence-corrected chi connectivity index (χ2v) is 5.22. The van der Waals surface area contributed by atoms with E-state index < -0.39 is 48.6 Å². The molecule has 4 atom stereocenters. The van der Waals surface area contributed by atoms with Crippen molar-refractivity contribution in [1.82, 2.24) is 5.32 Å². The molecule has 0 spiro atoms. The third-order valence-electron chi connectivity index (χ3n) is 3.54. The van der Waals surface area contributed by atoms with Crippen LogP contribution in [0.5, 0.6) is 0 Å². The number of aliphatic hydroxyl groups excluding tert-OH is 2. The largest absolute Gasteiger partial charge is 0.480 e. The van der Waals surface area contributed by atoms with Gasteiger partial charge in [-0.05, 0) is 12.0 Å². The smallest absolute Gasteiger partial charge is 0.338 e. The molecule has 1 aliphatic rings. The van der Waals surface area contributed by atoms with Gasteiger partial charge in [0.2, 0.25) is 0 Å². The van der Waals surface area contributed by atoms with Crippen LogP contribution in [0.25, 0.3) is 0 Å². The van der Waals surface area contributed by atoms with Crippen LogP contribution in [0, 0.1) is 0 Å². The number of ether oxygens (including phenoxy) is 1. The molecule has 3 unspecified atom stereocenters. The van der Waals surface area contributed by atoms with Crippen LogP contribution >= 0.6 is 0 Å². The number of cyclic esters (lactones) is 1. The Balaban J connectivity index is 1.93. The van der Waals surface area contributed by atoms with E-state index in [9.17, 15) is 29.7 Å². The summed E-state index contributed by atoms with van der Waals surface area (Å²) in [5, 5.41) is 30.6. The molecule has 0 amide bonds. The topological polar surface area (TPSA) is 133 Å². The van der Waals surface area contributed by atoms with E-state index in [0.717, 1.165) is 5.56 Å². The summed E-state index contributed by atoms with van der Waals surface area (Å²) in [5.41, 5.74) is 0.780. The molecule has 2 rings (SSSR count). The van der Waals surface area contributed by atoms with Gasteiger partial charge in [0.05, 0.1) is 6.54 Å². The molecule has 4 N–H and O–H groups in total. The monoisotopic (exact) mass is 323 g/mol. The molecule has 1 aliphatic heterocycles. The Bertz CT molecular complexity index is 589. The molecule has 8 heteroatoms. The first kappa shape index (κ1) is 17.1. The zero-order valence-corrected chi connectivity index (χ0v) is 12.1. The van der Waals surface area contributed by atoms with Crippen LogP contribution in [-0.2, 0) is 25.5 Å². The summed E-state index contributed by atoms with van der Waals surface area (Å²) in [6, 6.07) is 7.86. The normalized spacial score (nSPS) is 25.0. The number of ketones is 1. The van der Waals surface area contributed by atoms with E-state index in [4.69, 9.17) is 0 Å². The lowest BCUT2D eigenvalue weighted by Crippen LogP contribution is -2.46. The third kappa shape index (κ3) is 4.13. The lowest BCUT2D eigenvalue weighted by atomic mass is 10.0. The molecule has 1 saturated heterocycles. The lowest BCUT2D eigenvalue weighted by Gasteiger charge is -2.17. The molecule has 1 heterocycles. The van der Waals surface area contributed by atoms with E-state index in [1.54, 1.807) is 30.3 Å². The standard InChI is InChI=1S/C15H17NO7/c17-10(13-11(18)12(19)15(22)23-13)7-16-9(14(20)21)6-8-4-2-1-3-5-8/h1-5,9,11-13,16,18-19H,6-7H2,(H,20,21)/t9-,11?,12?,13?/m1/s1. The van der Waals surface area contributed by atoms with Crippen LogP contribution in [0.3, 0.4) is 0 Å². The van der Waals surface area contributed by atoms with E-state index in [1.165, 1.54) is 0 Å². The molecule has 1 fully saturated rings. The number of carbonyl (C=O) groups excluding carboxylic acids is 2. The summed E-state index contributed by atoms with van der Waals surface area (Å²) in [7, 11) is 0. The van der Waals surface area contributed by atoms with Gasteiger partial charge in [-0.2, -0.15) is 0 Å². The van der Waals surface area contributed by atoms with E-state index in [1.807, 2.05) is 0 Å². The second-order valence-electron chi connectivity index (χ2n) is 5.22.